The molecular formula is C25H36N4O3. The number of benzene rings is 1. The van der Waals surface area contributed by atoms with Gasteiger partial charge in [-0.1, -0.05) is 23.4 Å². The molecule has 1 amide bonds. The molecule has 32 heavy (non-hydrogen) atoms. The molecule has 1 saturated carbocycles. The van der Waals surface area contributed by atoms with Gasteiger partial charge in [0.1, 0.15) is 11.5 Å². The van der Waals surface area contributed by atoms with Crippen LogP contribution >= 0.6 is 0 Å². The van der Waals surface area contributed by atoms with E-state index in [0.717, 1.165) is 69.9 Å². The summed E-state index contributed by atoms with van der Waals surface area (Å²) in [5.41, 5.74) is 1.67. The summed E-state index contributed by atoms with van der Waals surface area (Å²) in [5.74, 6) is 2.70. The lowest BCUT2D eigenvalue weighted by atomic mass is 9.96. The second kappa shape index (κ2) is 10.5. The van der Waals surface area contributed by atoms with Gasteiger partial charge in [-0.2, -0.15) is 0 Å². The van der Waals surface area contributed by atoms with Crippen LogP contribution in [0.5, 0.6) is 5.75 Å². The molecule has 1 saturated heterocycles. The number of likely N-dealkylation sites (N-methyl/N-ethyl adjacent to an activating group) is 1. The van der Waals surface area contributed by atoms with Crippen molar-refractivity contribution in [2.24, 2.45) is 5.92 Å². The van der Waals surface area contributed by atoms with E-state index < -0.39 is 0 Å². The van der Waals surface area contributed by atoms with Gasteiger partial charge >= 0.3 is 0 Å². The van der Waals surface area contributed by atoms with Crippen LogP contribution < -0.4 is 4.74 Å². The van der Waals surface area contributed by atoms with E-state index >= 15 is 0 Å². The SMILES string of the molecule is COc1ccccc1CN1CCC[C@@H](CN(CCN(C)C)C(=O)c2cc(C3CC3)on2)C1. The van der Waals surface area contributed by atoms with Gasteiger partial charge in [0.05, 0.1) is 7.11 Å². The molecule has 0 N–H and O–H groups in total. The van der Waals surface area contributed by atoms with Gasteiger partial charge in [0.2, 0.25) is 0 Å². The lowest BCUT2D eigenvalue weighted by Gasteiger charge is -2.36. The summed E-state index contributed by atoms with van der Waals surface area (Å²) >= 11 is 0. The Labute approximate surface area is 191 Å². The Balaban J connectivity index is 1.40. The Hall–Kier alpha value is -2.38. The zero-order chi connectivity index (χ0) is 22.5. The van der Waals surface area contributed by atoms with E-state index in [9.17, 15) is 4.79 Å². The minimum Gasteiger partial charge on any atom is -0.496 e. The number of piperidine rings is 1. The summed E-state index contributed by atoms with van der Waals surface area (Å²) < 4.78 is 11.0. The third-order valence-corrected chi connectivity index (χ3v) is 6.50. The third-order valence-electron chi connectivity index (χ3n) is 6.50. The summed E-state index contributed by atoms with van der Waals surface area (Å²) in [6.45, 7) is 5.21. The van der Waals surface area contributed by atoms with Gasteiger partial charge in [-0.15, -0.1) is 0 Å². The molecule has 0 radical (unpaired) electrons. The molecule has 1 aromatic carbocycles. The molecule has 0 unspecified atom stereocenters. The standard InChI is InChI=1S/C25H36N4O3/c1-27(2)13-14-29(25(30)22-15-24(32-26-22)20-10-11-20)17-19-7-6-12-28(16-19)18-21-8-4-5-9-23(21)31-3/h4-5,8-9,15,19-20H,6-7,10-14,16-18H2,1-3H3/t19-/m1/s1. The fourth-order valence-corrected chi connectivity index (χ4v) is 4.54. The molecule has 7 nitrogen and oxygen atoms in total. The topological polar surface area (TPSA) is 62.1 Å². The van der Waals surface area contributed by atoms with Crippen LogP contribution in [0.4, 0.5) is 0 Å². The highest BCUT2D eigenvalue weighted by molar-refractivity contribution is 5.92. The number of amides is 1. The number of aromatic nitrogens is 1. The molecule has 0 bridgehead atoms. The lowest BCUT2D eigenvalue weighted by Crippen LogP contribution is -2.44. The van der Waals surface area contributed by atoms with Gasteiger partial charge in [0.25, 0.3) is 5.91 Å². The number of ether oxygens (including phenoxy) is 1. The van der Waals surface area contributed by atoms with Crippen LogP contribution in [0, 0.1) is 5.92 Å². The van der Waals surface area contributed by atoms with Crippen LogP contribution in [0.25, 0.3) is 0 Å². The number of methoxy groups -OCH3 is 1. The van der Waals surface area contributed by atoms with E-state index in [-0.39, 0.29) is 5.91 Å². The van der Waals surface area contributed by atoms with Crippen LogP contribution in [0.2, 0.25) is 0 Å². The van der Waals surface area contributed by atoms with Crippen molar-refractivity contribution in [3.8, 4) is 5.75 Å². The maximum atomic E-state index is 13.3. The normalized spacial score (nSPS) is 19.3. The van der Waals surface area contributed by atoms with Crippen LogP contribution in [0.1, 0.15) is 53.4 Å². The summed E-state index contributed by atoms with van der Waals surface area (Å²) in [6, 6.07) is 10.1. The highest BCUT2D eigenvalue weighted by atomic mass is 16.5. The van der Waals surface area contributed by atoms with E-state index in [0.29, 0.717) is 24.1 Å². The largest absolute Gasteiger partial charge is 0.496 e. The van der Waals surface area contributed by atoms with Crippen LogP contribution in [0.3, 0.4) is 0 Å². The molecule has 1 aliphatic carbocycles. The van der Waals surface area contributed by atoms with E-state index in [1.165, 1.54) is 5.56 Å². The molecule has 7 heteroatoms. The first-order valence-electron chi connectivity index (χ1n) is 11.8. The van der Waals surface area contributed by atoms with Gasteiger partial charge in [0.15, 0.2) is 5.69 Å². The molecule has 174 valence electrons. The number of rotatable bonds is 10. The van der Waals surface area contributed by atoms with Gasteiger partial charge < -0.3 is 19.1 Å². The van der Waals surface area contributed by atoms with Crippen molar-refractivity contribution in [3.63, 3.8) is 0 Å². The van der Waals surface area contributed by atoms with Crippen molar-refractivity contribution in [3.05, 3.63) is 47.3 Å². The predicted molar refractivity (Wildman–Crippen MR) is 124 cm³/mol. The summed E-state index contributed by atoms with van der Waals surface area (Å²) in [6.07, 6.45) is 4.56. The van der Waals surface area contributed by atoms with Crippen LogP contribution in [-0.4, -0.2) is 79.7 Å². The molecule has 2 aliphatic rings. The van der Waals surface area contributed by atoms with E-state index in [2.05, 4.69) is 27.1 Å². The summed E-state index contributed by atoms with van der Waals surface area (Å²) in [7, 11) is 5.81. The van der Waals surface area contributed by atoms with Crippen molar-refractivity contribution >= 4 is 5.91 Å². The lowest BCUT2D eigenvalue weighted by molar-refractivity contribution is 0.0650. The van der Waals surface area contributed by atoms with Gasteiger partial charge in [-0.3, -0.25) is 9.69 Å². The number of hydrogen-bond acceptors (Lipinski definition) is 6. The zero-order valence-corrected chi connectivity index (χ0v) is 19.6. The van der Waals surface area contributed by atoms with Crippen molar-refractivity contribution in [2.75, 3.05) is 53.9 Å². The first-order chi connectivity index (χ1) is 15.5. The number of carbonyl (C=O) groups is 1. The first kappa shape index (κ1) is 22.8. The van der Waals surface area contributed by atoms with Crippen molar-refractivity contribution in [2.45, 2.75) is 38.1 Å². The second-order valence-corrected chi connectivity index (χ2v) is 9.50. The minimum absolute atomic E-state index is 0.00986. The predicted octanol–water partition coefficient (Wildman–Crippen LogP) is 3.48. The fraction of sp³-hybridized carbons (Fsp3) is 0.600. The number of carbonyl (C=O) groups excluding carboxylic acids is 1. The van der Waals surface area contributed by atoms with Crippen LogP contribution in [0.15, 0.2) is 34.9 Å². The number of para-hydroxylation sites is 1. The molecule has 1 aliphatic heterocycles. The fourth-order valence-electron chi connectivity index (χ4n) is 4.54. The van der Waals surface area contributed by atoms with E-state index in [4.69, 9.17) is 9.26 Å². The van der Waals surface area contributed by atoms with Crippen molar-refractivity contribution in [1.82, 2.24) is 19.9 Å². The molecule has 1 aromatic heterocycles. The first-order valence-corrected chi connectivity index (χ1v) is 11.8. The Morgan fingerprint density at radius 3 is 2.78 bits per heavy atom. The molecule has 2 fully saturated rings. The van der Waals surface area contributed by atoms with Crippen molar-refractivity contribution in [1.29, 1.82) is 0 Å². The molecule has 2 aromatic rings. The van der Waals surface area contributed by atoms with E-state index in [1.807, 2.05) is 37.2 Å². The van der Waals surface area contributed by atoms with Gasteiger partial charge in [0, 0.05) is 50.3 Å². The van der Waals surface area contributed by atoms with E-state index in [1.54, 1.807) is 7.11 Å². The molecule has 1 atom stereocenters. The smallest absolute Gasteiger partial charge is 0.276 e. The molecular weight excluding hydrogens is 404 g/mol. The zero-order valence-electron chi connectivity index (χ0n) is 19.6. The second-order valence-electron chi connectivity index (χ2n) is 9.50. The van der Waals surface area contributed by atoms with Crippen molar-refractivity contribution < 1.29 is 14.1 Å². The number of likely N-dealkylation sites (tertiary alicyclic amines) is 1. The van der Waals surface area contributed by atoms with Crippen LogP contribution in [-0.2, 0) is 6.54 Å². The third kappa shape index (κ3) is 5.90. The summed E-state index contributed by atoms with van der Waals surface area (Å²) in [4.78, 5) is 19.9. The average Bonchev–Trinajstić information content (AvgIpc) is 3.53. The number of nitrogens with zero attached hydrogens (tertiary/aromatic N) is 4. The van der Waals surface area contributed by atoms with Gasteiger partial charge in [-0.25, -0.2) is 0 Å². The molecule has 0 spiro atoms. The van der Waals surface area contributed by atoms with Gasteiger partial charge in [-0.05, 0) is 58.3 Å². The Morgan fingerprint density at radius 2 is 2.03 bits per heavy atom. The Kier molecular flexibility index (Phi) is 7.48. The highest BCUT2D eigenvalue weighted by Crippen LogP contribution is 2.40. The highest BCUT2D eigenvalue weighted by Gasteiger charge is 2.31. The minimum atomic E-state index is -0.00986. The maximum absolute atomic E-state index is 13.3. The average molecular weight is 441 g/mol. The molecule has 2 heterocycles. The number of hydrogen-bond donors (Lipinski definition) is 0. The maximum Gasteiger partial charge on any atom is 0.276 e. The quantitative estimate of drug-likeness (QED) is 0.564. The summed E-state index contributed by atoms with van der Waals surface area (Å²) in [5, 5.41) is 4.10. The monoisotopic (exact) mass is 440 g/mol. The molecule has 4 rings (SSSR count). The Morgan fingerprint density at radius 1 is 1.22 bits per heavy atom. The Bertz CT molecular complexity index is 893.